The van der Waals surface area contributed by atoms with Crippen LogP contribution in [0.25, 0.3) is 0 Å². The van der Waals surface area contributed by atoms with Crippen molar-refractivity contribution in [3.8, 4) is 5.75 Å². The normalized spacial score (nSPS) is 18.4. The van der Waals surface area contributed by atoms with E-state index in [4.69, 9.17) is 4.74 Å². The Morgan fingerprint density at radius 1 is 0.893 bits per heavy atom. The van der Waals surface area contributed by atoms with E-state index < -0.39 is 0 Å². The molecule has 0 spiro atoms. The van der Waals surface area contributed by atoms with E-state index in [0.29, 0.717) is 13.0 Å². The lowest BCUT2D eigenvalue weighted by Gasteiger charge is -2.38. The Morgan fingerprint density at radius 2 is 1.57 bits per heavy atom. The van der Waals surface area contributed by atoms with Gasteiger partial charge >= 0.3 is 0 Å². The van der Waals surface area contributed by atoms with E-state index >= 15 is 0 Å². The van der Waals surface area contributed by atoms with Crippen molar-refractivity contribution in [3.05, 3.63) is 65.7 Å². The fourth-order valence-electron chi connectivity index (χ4n) is 4.41. The number of benzene rings is 2. The fraction of sp³-hybridized carbons (Fsp3) is 0.458. The highest BCUT2D eigenvalue weighted by atomic mass is 16.5. The van der Waals surface area contributed by atoms with Crippen molar-refractivity contribution in [2.75, 3.05) is 26.2 Å². The van der Waals surface area contributed by atoms with Crippen LogP contribution < -0.4 is 4.74 Å². The molecular formula is C24H30N2O2. The third-order valence-corrected chi connectivity index (χ3v) is 6.06. The summed E-state index contributed by atoms with van der Waals surface area (Å²) in [6.07, 6.45) is 5.81. The van der Waals surface area contributed by atoms with Gasteiger partial charge in [-0.2, -0.15) is 0 Å². The lowest BCUT2D eigenvalue weighted by Crippen LogP contribution is -2.51. The van der Waals surface area contributed by atoms with Crippen LogP contribution in [0.3, 0.4) is 0 Å². The minimum absolute atomic E-state index is 0.210. The minimum atomic E-state index is 0.210. The summed E-state index contributed by atoms with van der Waals surface area (Å²) < 4.78 is 6.02. The predicted molar refractivity (Wildman–Crippen MR) is 111 cm³/mol. The Balaban J connectivity index is 1.32. The lowest BCUT2D eigenvalue weighted by molar-refractivity contribution is -0.132. The molecule has 2 aromatic carbocycles. The molecule has 0 radical (unpaired) electrons. The van der Waals surface area contributed by atoms with Gasteiger partial charge in [0.05, 0.1) is 6.42 Å². The van der Waals surface area contributed by atoms with Gasteiger partial charge in [-0.1, -0.05) is 61.4 Å². The zero-order chi connectivity index (χ0) is 19.2. The van der Waals surface area contributed by atoms with Crippen LogP contribution in [0.4, 0.5) is 0 Å². The van der Waals surface area contributed by atoms with Crippen molar-refractivity contribution < 1.29 is 9.53 Å². The number of piperazine rings is 1. The largest absolute Gasteiger partial charge is 0.489 e. The highest BCUT2D eigenvalue weighted by molar-refractivity contribution is 5.79. The van der Waals surface area contributed by atoms with Gasteiger partial charge in [-0.05, 0) is 24.5 Å². The van der Waals surface area contributed by atoms with Crippen molar-refractivity contribution in [1.82, 2.24) is 9.80 Å². The van der Waals surface area contributed by atoms with Crippen LogP contribution in [0.15, 0.2) is 54.6 Å². The van der Waals surface area contributed by atoms with Crippen molar-refractivity contribution in [1.29, 1.82) is 0 Å². The minimum Gasteiger partial charge on any atom is -0.489 e. The second-order valence-corrected chi connectivity index (χ2v) is 7.91. The Hall–Kier alpha value is -2.33. The smallest absolute Gasteiger partial charge is 0.227 e. The maximum atomic E-state index is 12.9. The third kappa shape index (κ3) is 4.74. The van der Waals surface area contributed by atoms with E-state index in [1.165, 1.54) is 25.7 Å². The quantitative estimate of drug-likeness (QED) is 0.764. The molecule has 2 aromatic rings. The molecule has 148 valence electrons. The summed E-state index contributed by atoms with van der Waals surface area (Å²) >= 11 is 0. The molecule has 0 bridgehead atoms. The standard InChI is InChI=1S/C24H30N2O2/c27-24(26-16-14-25(15-17-26)22-11-5-6-12-22)18-21-10-4-7-13-23(21)28-19-20-8-2-1-3-9-20/h1-4,7-10,13,22H,5-6,11-12,14-19H2. The SMILES string of the molecule is O=C(Cc1ccccc1OCc1ccccc1)N1CCN(C2CCCC2)CC1. The van der Waals surface area contributed by atoms with E-state index in [2.05, 4.69) is 17.0 Å². The summed E-state index contributed by atoms with van der Waals surface area (Å²) in [6, 6.07) is 18.8. The first-order chi connectivity index (χ1) is 13.8. The van der Waals surface area contributed by atoms with Gasteiger partial charge in [-0.3, -0.25) is 9.69 Å². The number of hydrogen-bond donors (Lipinski definition) is 0. The van der Waals surface area contributed by atoms with E-state index in [0.717, 1.165) is 49.1 Å². The van der Waals surface area contributed by atoms with Gasteiger partial charge in [-0.15, -0.1) is 0 Å². The van der Waals surface area contributed by atoms with Gasteiger partial charge in [-0.25, -0.2) is 0 Å². The van der Waals surface area contributed by atoms with Crippen molar-refractivity contribution in [3.63, 3.8) is 0 Å². The molecule has 1 aliphatic heterocycles. The van der Waals surface area contributed by atoms with Gasteiger partial charge in [0.25, 0.3) is 0 Å². The summed E-state index contributed by atoms with van der Waals surface area (Å²) in [4.78, 5) is 17.5. The van der Waals surface area contributed by atoms with Gasteiger partial charge in [0.2, 0.25) is 5.91 Å². The first-order valence-electron chi connectivity index (χ1n) is 10.6. The molecule has 28 heavy (non-hydrogen) atoms. The van der Waals surface area contributed by atoms with Crippen molar-refractivity contribution in [2.24, 2.45) is 0 Å². The molecule has 0 N–H and O–H groups in total. The van der Waals surface area contributed by atoms with Crippen LogP contribution in [0.1, 0.15) is 36.8 Å². The van der Waals surface area contributed by atoms with Gasteiger partial charge in [0, 0.05) is 37.8 Å². The molecule has 2 fully saturated rings. The third-order valence-electron chi connectivity index (χ3n) is 6.06. The number of carbonyl (C=O) groups is 1. The lowest BCUT2D eigenvalue weighted by atomic mass is 10.1. The highest BCUT2D eigenvalue weighted by Gasteiger charge is 2.28. The summed E-state index contributed by atoms with van der Waals surface area (Å²) in [6.45, 7) is 4.25. The number of ether oxygens (including phenoxy) is 1. The molecule has 1 saturated heterocycles. The average molecular weight is 379 g/mol. The van der Waals surface area contributed by atoms with Crippen LogP contribution in [0, 0.1) is 0 Å². The molecule has 2 aliphatic rings. The Bertz CT molecular complexity index is 763. The predicted octanol–water partition coefficient (Wildman–Crippen LogP) is 3.89. The molecule has 4 heteroatoms. The maximum absolute atomic E-state index is 12.9. The van der Waals surface area contributed by atoms with Gasteiger partial charge in [0.1, 0.15) is 12.4 Å². The summed E-state index contributed by atoms with van der Waals surface area (Å²) in [5, 5.41) is 0. The monoisotopic (exact) mass is 378 g/mol. The Morgan fingerprint density at radius 3 is 2.32 bits per heavy atom. The van der Waals surface area contributed by atoms with Crippen LogP contribution >= 0.6 is 0 Å². The Labute approximate surface area is 168 Å². The van der Waals surface area contributed by atoms with Crippen LogP contribution in [0.2, 0.25) is 0 Å². The zero-order valence-corrected chi connectivity index (χ0v) is 16.6. The molecule has 0 aromatic heterocycles. The number of hydrogen-bond acceptors (Lipinski definition) is 3. The zero-order valence-electron chi connectivity index (χ0n) is 16.6. The molecule has 1 saturated carbocycles. The summed E-state index contributed by atoms with van der Waals surface area (Å²) in [5.41, 5.74) is 2.10. The van der Waals surface area contributed by atoms with Gasteiger partial charge in [0.15, 0.2) is 0 Å². The number of para-hydroxylation sites is 1. The van der Waals surface area contributed by atoms with E-state index in [9.17, 15) is 4.79 Å². The maximum Gasteiger partial charge on any atom is 0.227 e. The van der Waals surface area contributed by atoms with Crippen molar-refractivity contribution in [2.45, 2.75) is 44.8 Å². The molecular weight excluding hydrogens is 348 g/mol. The number of nitrogens with zero attached hydrogens (tertiary/aromatic N) is 2. The second-order valence-electron chi connectivity index (χ2n) is 7.91. The van der Waals surface area contributed by atoms with Crippen LogP contribution in [-0.2, 0) is 17.8 Å². The van der Waals surface area contributed by atoms with Gasteiger partial charge < -0.3 is 9.64 Å². The van der Waals surface area contributed by atoms with E-state index in [1.54, 1.807) is 0 Å². The first-order valence-corrected chi connectivity index (χ1v) is 10.6. The molecule has 0 atom stereocenters. The summed E-state index contributed by atoms with van der Waals surface area (Å²) in [7, 11) is 0. The average Bonchev–Trinajstić information content (AvgIpc) is 3.29. The molecule has 1 amide bonds. The van der Waals surface area contributed by atoms with Crippen molar-refractivity contribution >= 4 is 5.91 Å². The Kier molecular flexibility index (Phi) is 6.27. The van der Waals surface area contributed by atoms with Crippen LogP contribution in [-0.4, -0.2) is 47.9 Å². The molecule has 0 unspecified atom stereocenters. The number of amides is 1. The first kappa shape index (κ1) is 19.0. The number of carbonyl (C=O) groups excluding carboxylic acids is 1. The fourth-order valence-corrected chi connectivity index (χ4v) is 4.41. The second kappa shape index (κ2) is 9.24. The van der Waals surface area contributed by atoms with E-state index in [-0.39, 0.29) is 5.91 Å². The summed E-state index contributed by atoms with van der Waals surface area (Å²) in [5.74, 6) is 1.02. The molecule has 1 heterocycles. The molecule has 1 aliphatic carbocycles. The highest BCUT2D eigenvalue weighted by Crippen LogP contribution is 2.25. The van der Waals surface area contributed by atoms with Crippen LogP contribution in [0.5, 0.6) is 5.75 Å². The van der Waals surface area contributed by atoms with E-state index in [1.807, 2.05) is 47.4 Å². The molecule has 4 rings (SSSR count). The topological polar surface area (TPSA) is 32.8 Å². The number of rotatable bonds is 6. The molecule has 4 nitrogen and oxygen atoms in total.